The molecule has 0 unspecified atom stereocenters. The van der Waals surface area contributed by atoms with Crippen LogP contribution in [-0.2, 0) is 22.7 Å². The number of hydrogen-bond donors (Lipinski definition) is 1. The minimum Gasteiger partial charge on any atom is -0.352 e. The number of rotatable bonds is 6. The van der Waals surface area contributed by atoms with Crippen LogP contribution in [0.25, 0.3) is 5.69 Å². The molecule has 0 radical (unpaired) electrons. The molecule has 1 fully saturated rings. The first kappa shape index (κ1) is 17.9. The van der Waals surface area contributed by atoms with E-state index in [1.165, 1.54) is 0 Å². The molecule has 7 heteroatoms. The molecular weight excluding hydrogens is 354 g/mol. The van der Waals surface area contributed by atoms with Crippen LogP contribution < -0.4 is 5.32 Å². The van der Waals surface area contributed by atoms with Crippen molar-refractivity contribution in [3.63, 3.8) is 0 Å². The second-order valence-corrected chi connectivity index (χ2v) is 6.87. The maximum absolute atomic E-state index is 12.6. The molecule has 1 aliphatic heterocycles. The maximum atomic E-state index is 12.6. The van der Waals surface area contributed by atoms with Gasteiger partial charge in [0.25, 0.3) is 0 Å². The lowest BCUT2D eigenvalue weighted by molar-refractivity contribution is -0.129. The van der Waals surface area contributed by atoms with Gasteiger partial charge >= 0.3 is 0 Å². The molecule has 1 N–H and O–H groups in total. The molecule has 142 valence electrons. The minimum absolute atomic E-state index is 0.00434. The van der Waals surface area contributed by atoms with Gasteiger partial charge in [-0.05, 0) is 35.4 Å². The third-order valence-corrected chi connectivity index (χ3v) is 4.83. The molecule has 0 bridgehead atoms. The van der Waals surface area contributed by atoms with Gasteiger partial charge in [0.15, 0.2) is 0 Å². The molecule has 4 rings (SSSR count). The first-order chi connectivity index (χ1) is 13.7. The number of hydrogen-bond acceptors (Lipinski definition) is 4. The van der Waals surface area contributed by atoms with Gasteiger partial charge in [-0.15, -0.1) is 0 Å². The van der Waals surface area contributed by atoms with Crippen LogP contribution in [0.5, 0.6) is 0 Å². The highest BCUT2D eigenvalue weighted by Crippen LogP contribution is 2.20. The van der Waals surface area contributed by atoms with Crippen LogP contribution in [0.4, 0.5) is 0 Å². The second-order valence-electron chi connectivity index (χ2n) is 6.87. The van der Waals surface area contributed by atoms with Crippen LogP contribution in [0.15, 0.2) is 67.3 Å². The lowest BCUT2D eigenvalue weighted by Gasteiger charge is -2.16. The van der Waals surface area contributed by atoms with Crippen molar-refractivity contribution in [1.82, 2.24) is 25.0 Å². The van der Waals surface area contributed by atoms with Gasteiger partial charge < -0.3 is 10.2 Å². The average molecular weight is 375 g/mol. The summed E-state index contributed by atoms with van der Waals surface area (Å²) in [5.74, 6) is -0.408. The Morgan fingerprint density at radius 2 is 2.04 bits per heavy atom. The number of carbonyl (C=O) groups is 2. The van der Waals surface area contributed by atoms with Gasteiger partial charge in [0.2, 0.25) is 11.8 Å². The van der Waals surface area contributed by atoms with Gasteiger partial charge in [0.1, 0.15) is 0 Å². The third-order valence-electron chi connectivity index (χ3n) is 4.83. The average Bonchev–Trinajstić information content (AvgIpc) is 3.38. The molecule has 3 aromatic rings. The molecular formula is C21H21N5O2. The molecule has 3 heterocycles. The molecule has 28 heavy (non-hydrogen) atoms. The highest BCUT2D eigenvalue weighted by Gasteiger charge is 2.34. The summed E-state index contributed by atoms with van der Waals surface area (Å²) in [5.41, 5.74) is 2.89. The van der Waals surface area contributed by atoms with E-state index in [0.29, 0.717) is 19.6 Å². The molecule has 1 aromatic carbocycles. The van der Waals surface area contributed by atoms with Gasteiger partial charge in [-0.25, -0.2) is 4.68 Å². The zero-order valence-electron chi connectivity index (χ0n) is 15.4. The molecule has 0 aliphatic carbocycles. The highest BCUT2D eigenvalue weighted by molar-refractivity contribution is 5.89. The Bertz CT molecular complexity index is 956. The van der Waals surface area contributed by atoms with Crippen molar-refractivity contribution in [2.45, 2.75) is 19.5 Å². The SMILES string of the molecule is O=C(NCc1cccc(-n2cccn2)c1)[C@@H]1CC(=O)N(Cc2cccnc2)C1. The molecule has 1 saturated heterocycles. The number of aromatic nitrogens is 3. The Morgan fingerprint density at radius 1 is 1.14 bits per heavy atom. The lowest BCUT2D eigenvalue weighted by atomic mass is 10.1. The molecule has 1 atom stereocenters. The lowest BCUT2D eigenvalue weighted by Crippen LogP contribution is -2.32. The monoisotopic (exact) mass is 375 g/mol. The van der Waals surface area contributed by atoms with Gasteiger partial charge in [0.05, 0.1) is 11.6 Å². The minimum atomic E-state index is -0.321. The van der Waals surface area contributed by atoms with Crippen molar-refractivity contribution >= 4 is 11.8 Å². The number of likely N-dealkylation sites (tertiary alicyclic amines) is 1. The number of carbonyl (C=O) groups excluding carboxylic acids is 2. The molecule has 1 aliphatic rings. The Morgan fingerprint density at radius 3 is 2.82 bits per heavy atom. The Hall–Kier alpha value is -3.48. The van der Waals surface area contributed by atoms with Crippen LogP contribution in [-0.4, -0.2) is 38.0 Å². The largest absolute Gasteiger partial charge is 0.352 e. The fourth-order valence-corrected chi connectivity index (χ4v) is 3.38. The first-order valence-corrected chi connectivity index (χ1v) is 9.22. The van der Waals surface area contributed by atoms with Crippen molar-refractivity contribution in [2.24, 2.45) is 5.92 Å². The van der Waals surface area contributed by atoms with Gasteiger partial charge in [0, 0.05) is 50.8 Å². The van der Waals surface area contributed by atoms with Crippen molar-refractivity contribution in [3.05, 3.63) is 78.4 Å². The van der Waals surface area contributed by atoms with E-state index >= 15 is 0 Å². The predicted molar refractivity (Wildman–Crippen MR) is 103 cm³/mol. The summed E-state index contributed by atoms with van der Waals surface area (Å²) in [6.45, 7) is 1.34. The number of pyridine rings is 1. The Labute approximate surface area is 163 Å². The number of amides is 2. The van der Waals surface area contributed by atoms with E-state index in [9.17, 15) is 9.59 Å². The van der Waals surface area contributed by atoms with Crippen molar-refractivity contribution in [1.29, 1.82) is 0 Å². The van der Waals surface area contributed by atoms with Crippen LogP contribution in [0.1, 0.15) is 17.5 Å². The van der Waals surface area contributed by atoms with E-state index < -0.39 is 0 Å². The summed E-state index contributed by atoms with van der Waals surface area (Å²) in [6.07, 6.45) is 7.29. The first-order valence-electron chi connectivity index (χ1n) is 9.22. The Kier molecular flexibility index (Phi) is 5.14. The zero-order chi connectivity index (χ0) is 19.3. The van der Waals surface area contributed by atoms with E-state index in [2.05, 4.69) is 15.4 Å². The van der Waals surface area contributed by atoms with E-state index in [4.69, 9.17) is 0 Å². The van der Waals surface area contributed by atoms with Gasteiger partial charge in [-0.3, -0.25) is 14.6 Å². The van der Waals surface area contributed by atoms with Crippen molar-refractivity contribution < 1.29 is 9.59 Å². The summed E-state index contributed by atoms with van der Waals surface area (Å²) in [5, 5.41) is 7.18. The summed E-state index contributed by atoms with van der Waals surface area (Å²) in [7, 11) is 0. The summed E-state index contributed by atoms with van der Waals surface area (Å²) in [6, 6.07) is 13.5. The molecule has 2 aromatic heterocycles. The summed E-state index contributed by atoms with van der Waals surface area (Å²) >= 11 is 0. The van der Waals surface area contributed by atoms with Crippen molar-refractivity contribution in [3.8, 4) is 5.69 Å². The predicted octanol–water partition coefficient (Wildman–Crippen LogP) is 1.93. The number of nitrogens with zero attached hydrogens (tertiary/aromatic N) is 4. The van der Waals surface area contributed by atoms with Crippen LogP contribution >= 0.6 is 0 Å². The molecule has 2 amide bonds. The molecule has 7 nitrogen and oxygen atoms in total. The summed E-state index contributed by atoms with van der Waals surface area (Å²) in [4.78, 5) is 30.6. The van der Waals surface area contributed by atoms with E-state index in [0.717, 1.165) is 16.8 Å². The smallest absolute Gasteiger partial charge is 0.225 e. The van der Waals surface area contributed by atoms with E-state index in [1.54, 1.807) is 28.2 Å². The number of nitrogens with one attached hydrogen (secondary N) is 1. The maximum Gasteiger partial charge on any atom is 0.225 e. The van der Waals surface area contributed by atoms with E-state index in [-0.39, 0.29) is 24.2 Å². The third kappa shape index (κ3) is 4.09. The standard InChI is InChI=1S/C21H21N5O2/c27-20-11-18(15-25(20)14-17-5-2-7-22-12-17)21(28)23-13-16-4-1-6-19(10-16)26-9-3-8-24-26/h1-10,12,18H,11,13-15H2,(H,23,28)/t18-/m1/s1. The fourth-order valence-electron chi connectivity index (χ4n) is 3.38. The number of benzene rings is 1. The fraction of sp³-hybridized carbons (Fsp3) is 0.238. The topological polar surface area (TPSA) is 80.1 Å². The van der Waals surface area contributed by atoms with Crippen LogP contribution in [0.3, 0.4) is 0 Å². The van der Waals surface area contributed by atoms with Gasteiger partial charge in [-0.2, -0.15) is 5.10 Å². The Balaban J connectivity index is 1.33. The molecule has 0 spiro atoms. The van der Waals surface area contributed by atoms with E-state index in [1.807, 2.05) is 48.7 Å². The zero-order valence-corrected chi connectivity index (χ0v) is 15.4. The second kappa shape index (κ2) is 8.04. The van der Waals surface area contributed by atoms with Gasteiger partial charge in [-0.1, -0.05) is 18.2 Å². The molecule has 0 saturated carbocycles. The van der Waals surface area contributed by atoms with Crippen LogP contribution in [0, 0.1) is 5.92 Å². The highest BCUT2D eigenvalue weighted by atomic mass is 16.2. The van der Waals surface area contributed by atoms with Crippen molar-refractivity contribution in [2.75, 3.05) is 6.54 Å². The van der Waals surface area contributed by atoms with Crippen LogP contribution in [0.2, 0.25) is 0 Å². The normalized spacial score (nSPS) is 16.4. The summed E-state index contributed by atoms with van der Waals surface area (Å²) < 4.78 is 1.78. The quantitative estimate of drug-likeness (QED) is 0.714.